The molecule has 2 aliphatic rings. The Morgan fingerprint density at radius 3 is 2.29 bits per heavy atom. The fraction of sp³-hybridized carbons (Fsp3) is 0.375. The Bertz CT molecular complexity index is 1120. The molecule has 0 spiro atoms. The zero-order valence-corrected chi connectivity index (χ0v) is 18.0. The summed E-state index contributed by atoms with van der Waals surface area (Å²) in [5, 5.41) is 0. The molecule has 160 valence electrons. The van der Waals surface area contributed by atoms with E-state index in [1.54, 1.807) is 6.07 Å². The Kier molecular flexibility index (Phi) is 4.76. The van der Waals surface area contributed by atoms with Gasteiger partial charge in [0.1, 0.15) is 5.82 Å². The second-order valence-electron chi connectivity index (χ2n) is 8.78. The normalized spacial score (nSPS) is 20.4. The first-order chi connectivity index (χ1) is 14.9. The number of amides is 1. The molecule has 7 heteroatoms. The number of fused-ring (bicyclic) bond motifs is 1. The topological polar surface area (TPSA) is 54.3 Å². The van der Waals surface area contributed by atoms with Gasteiger partial charge < -0.3 is 14.4 Å². The van der Waals surface area contributed by atoms with Gasteiger partial charge in [-0.25, -0.2) is 14.4 Å². The van der Waals surface area contributed by atoms with Crippen LogP contribution < -0.4 is 4.90 Å². The van der Waals surface area contributed by atoms with Gasteiger partial charge in [0.2, 0.25) is 5.95 Å². The van der Waals surface area contributed by atoms with E-state index in [0.717, 1.165) is 41.7 Å². The minimum atomic E-state index is -0.390. The standard InChI is InChI=1S/C24H26FN5O/c1-15-9-16(2)27-24(26-15)30-13-17-11-29(12-18(17)14-30)23(31)21-10-19(25)6-7-20(21)22-5-4-8-28(22)3/h4-10,17-18H,11-14H2,1-3H3. The summed E-state index contributed by atoms with van der Waals surface area (Å²) in [6.45, 7) is 7.00. The summed E-state index contributed by atoms with van der Waals surface area (Å²) in [5.41, 5.74) is 4.03. The van der Waals surface area contributed by atoms with Gasteiger partial charge in [0, 0.05) is 73.9 Å². The molecule has 0 saturated carbocycles. The largest absolute Gasteiger partial charge is 0.351 e. The molecular weight excluding hydrogens is 393 g/mol. The number of hydrogen-bond donors (Lipinski definition) is 0. The number of likely N-dealkylation sites (tertiary alicyclic amines) is 1. The Labute approximate surface area is 181 Å². The van der Waals surface area contributed by atoms with Gasteiger partial charge in [-0.05, 0) is 50.2 Å². The summed E-state index contributed by atoms with van der Waals surface area (Å²) in [4.78, 5) is 26.7. The van der Waals surface area contributed by atoms with E-state index in [2.05, 4.69) is 14.9 Å². The third-order valence-electron chi connectivity index (χ3n) is 6.46. The van der Waals surface area contributed by atoms with Crippen molar-refractivity contribution in [2.45, 2.75) is 13.8 Å². The summed E-state index contributed by atoms with van der Waals surface area (Å²) in [5.74, 6) is 1.04. The number of anilines is 1. The molecule has 1 aromatic carbocycles. The second kappa shape index (κ2) is 7.48. The molecule has 0 bridgehead atoms. The van der Waals surface area contributed by atoms with Crippen molar-refractivity contribution < 1.29 is 9.18 Å². The van der Waals surface area contributed by atoms with Gasteiger partial charge in [0.25, 0.3) is 5.91 Å². The highest BCUT2D eigenvalue weighted by molar-refractivity contribution is 6.00. The summed E-state index contributed by atoms with van der Waals surface area (Å²) in [6, 6.07) is 10.3. The monoisotopic (exact) mass is 419 g/mol. The maximum atomic E-state index is 14.1. The minimum absolute atomic E-state index is 0.0979. The average Bonchev–Trinajstić information content (AvgIpc) is 3.41. The zero-order valence-electron chi connectivity index (χ0n) is 18.0. The van der Waals surface area contributed by atoms with E-state index in [0.29, 0.717) is 30.5 Å². The van der Waals surface area contributed by atoms with Crippen LogP contribution in [-0.4, -0.2) is 51.5 Å². The Hall–Kier alpha value is -3.22. The Morgan fingerprint density at radius 1 is 1.00 bits per heavy atom. The number of hydrogen-bond acceptors (Lipinski definition) is 4. The predicted octanol–water partition coefficient (Wildman–Crippen LogP) is 3.45. The van der Waals surface area contributed by atoms with Gasteiger partial charge >= 0.3 is 0 Å². The number of carbonyl (C=O) groups excluding carboxylic acids is 1. The van der Waals surface area contributed by atoms with Gasteiger partial charge in [-0.2, -0.15) is 0 Å². The molecule has 4 heterocycles. The molecule has 2 aromatic heterocycles. The lowest BCUT2D eigenvalue weighted by Gasteiger charge is -2.23. The van der Waals surface area contributed by atoms with Crippen LogP contribution in [0.15, 0.2) is 42.6 Å². The van der Waals surface area contributed by atoms with Crippen LogP contribution in [0.25, 0.3) is 11.3 Å². The van der Waals surface area contributed by atoms with Gasteiger partial charge in [-0.1, -0.05) is 0 Å². The fourth-order valence-electron chi connectivity index (χ4n) is 5.00. The van der Waals surface area contributed by atoms with Gasteiger partial charge in [-0.15, -0.1) is 0 Å². The minimum Gasteiger partial charge on any atom is -0.351 e. The summed E-state index contributed by atoms with van der Waals surface area (Å²) in [7, 11) is 1.93. The maximum absolute atomic E-state index is 14.1. The molecule has 6 nitrogen and oxygen atoms in total. The number of carbonyl (C=O) groups is 1. The number of aryl methyl sites for hydroxylation is 3. The van der Waals surface area contributed by atoms with Crippen molar-refractivity contribution in [1.29, 1.82) is 0 Å². The third-order valence-corrected chi connectivity index (χ3v) is 6.46. The zero-order chi connectivity index (χ0) is 21.7. The van der Waals surface area contributed by atoms with E-state index in [-0.39, 0.29) is 11.7 Å². The molecule has 3 aromatic rings. The smallest absolute Gasteiger partial charge is 0.254 e. The van der Waals surface area contributed by atoms with E-state index in [9.17, 15) is 9.18 Å². The quantitative estimate of drug-likeness (QED) is 0.653. The van der Waals surface area contributed by atoms with Crippen LogP contribution in [0.4, 0.5) is 10.3 Å². The van der Waals surface area contributed by atoms with Crippen molar-refractivity contribution in [2.75, 3.05) is 31.1 Å². The highest BCUT2D eigenvalue weighted by atomic mass is 19.1. The van der Waals surface area contributed by atoms with Crippen molar-refractivity contribution in [3.05, 3.63) is 65.4 Å². The van der Waals surface area contributed by atoms with Crippen molar-refractivity contribution in [3.8, 4) is 11.3 Å². The van der Waals surface area contributed by atoms with Crippen LogP contribution in [-0.2, 0) is 7.05 Å². The molecule has 2 unspecified atom stereocenters. The van der Waals surface area contributed by atoms with Crippen molar-refractivity contribution >= 4 is 11.9 Å². The van der Waals surface area contributed by atoms with E-state index in [4.69, 9.17) is 0 Å². The molecule has 5 rings (SSSR count). The van der Waals surface area contributed by atoms with Gasteiger partial charge in [0.05, 0.1) is 5.56 Å². The van der Waals surface area contributed by atoms with Gasteiger partial charge in [0.15, 0.2) is 0 Å². The van der Waals surface area contributed by atoms with E-state index >= 15 is 0 Å². The first kappa shape index (κ1) is 19.7. The summed E-state index contributed by atoms with van der Waals surface area (Å²) in [6.07, 6.45) is 1.93. The van der Waals surface area contributed by atoms with Crippen LogP contribution in [0.2, 0.25) is 0 Å². The number of aromatic nitrogens is 3. The first-order valence-electron chi connectivity index (χ1n) is 10.7. The SMILES string of the molecule is Cc1cc(C)nc(N2CC3CN(C(=O)c4cc(F)ccc4-c4cccn4C)CC3C2)n1. The molecule has 0 N–H and O–H groups in total. The molecule has 2 saturated heterocycles. The van der Waals surface area contributed by atoms with Gasteiger partial charge in [-0.3, -0.25) is 4.79 Å². The lowest BCUT2D eigenvalue weighted by atomic mass is 10.0. The lowest BCUT2D eigenvalue weighted by Crippen LogP contribution is -2.34. The molecule has 1 amide bonds. The molecular formula is C24H26FN5O. The van der Waals surface area contributed by atoms with Crippen molar-refractivity contribution in [3.63, 3.8) is 0 Å². The van der Waals surface area contributed by atoms with Crippen LogP contribution in [0.5, 0.6) is 0 Å². The number of rotatable bonds is 3. The Balaban J connectivity index is 1.35. The highest BCUT2D eigenvalue weighted by Gasteiger charge is 2.43. The van der Waals surface area contributed by atoms with Crippen LogP contribution >= 0.6 is 0 Å². The number of nitrogens with zero attached hydrogens (tertiary/aromatic N) is 5. The van der Waals surface area contributed by atoms with Crippen molar-refractivity contribution in [2.24, 2.45) is 18.9 Å². The van der Waals surface area contributed by atoms with Crippen LogP contribution in [0.3, 0.4) is 0 Å². The molecule has 2 atom stereocenters. The molecule has 0 aliphatic carbocycles. The maximum Gasteiger partial charge on any atom is 0.254 e. The number of halogens is 1. The molecule has 2 fully saturated rings. The molecule has 31 heavy (non-hydrogen) atoms. The van der Waals surface area contributed by atoms with Crippen LogP contribution in [0.1, 0.15) is 21.7 Å². The molecule has 0 radical (unpaired) electrons. The summed E-state index contributed by atoms with van der Waals surface area (Å²) >= 11 is 0. The predicted molar refractivity (Wildman–Crippen MR) is 117 cm³/mol. The van der Waals surface area contributed by atoms with E-state index < -0.39 is 0 Å². The van der Waals surface area contributed by atoms with E-state index in [1.165, 1.54) is 12.1 Å². The lowest BCUT2D eigenvalue weighted by molar-refractivity contribution is 0.0783. The molecule has 2 aliphatic heterocycles. The van der Waals surface area contributed by atoms with Crippen LogP contribution in [0, 0.1) is 31.5 Å². The van der Waals surface area contributed by atoms with E-state index in [1.807, 2.05) is 54.8 Å². The second-order valence-corrected chi connectivity index (χ2v) is 8.78. The third kappa shape index (κ3) is 3.58. The fourth-order valence-corrected chi connectivity index (χ4v) is 5.00. The average molecular weight is 420 g/mol. The summed E-state index contributed by atoms with van der Waals surface area (Å²) < 4.78 is 16.0. The highest BCUT2D eigenvalue weighted by Crippen LogP contribution is 2.35. The first-order valence-corrected chi connectivity index (χ1v) is 10.7. The number of benzene rings is 1. The Morgan fingerprint density at radius 2 is 1.68 bits per heavy atom. The van der Waals surface area contributed by atoms with Crippen molar-refractivity contribution in [1.82, 2.24) is 19.4 Å².